The van der Waals surface area contributed by atoms with Crippen molar-refractivity contribution in [3.8, 4) is 0 Å². The van der Waals surface area contributed by atoms with Gasteiger partial charge in [0.2, 0.25) is 0 Å². The minimum atomic E-state index is -5.33. The summed E-state index contributed by atoms with van der Waals surface area (Å²) in [7, 11) is -5.33. The SMILES string of the molecule is C[C@]12CCC(=O)C=C1CC[C@@H]1[C@@H]2[C@@H](O)C[C@@]2(C)[C@H]1CC[C@]2(O)C(=O)CO.C[C@]12CCC(=O)C=C1CC[C@@H]1[C@@H]2[C@@H](O)C[C@@]2(C)[C@H]1CC[C@]2(O)C(=O)COP(=O)([O-])[O-].[Na+].[Na+]. The number of rotatable bonds is 6. The van der Waals surface area contributed by atoms with Crippen molar-refractivity contribution in [2.75, 3.05) is 13.2 Å². The zero-order chi connectivity index (χ0) is 41.0. The number of fused-ring (bicyclic) bond motifs is 10. The van der Waals surface area contributed by atoms with Gasteiger partial charge in [-0.2, -0.15) is 0 Å². The van der Waals surface area contributed by atoms with E-state index in [9.17, 15) is 59.1 Å². The number of aliphatic hydroxyl groups excluding tert-OH is 3. The van der Waals surface area contributed by atoms with Crippen molar-refractivity contribution in [3.63, 3.8) is 0 Å². The van der Waals surface area contributed by atoms with Crippen LogP contribution in [0.25, 0.3) is 0 Å². The van der Waals surface area contributed by atoms with Crippen molar-refractivity contribution in [2.45, 2.75) is 141 Å². The standard InChI is InChI=1S/C21H31O8P.C21H30O5.2Na/c1-19-7-5-13(22)9-12(19)3-4-14-15-6-8-21(25,17(24)11-29-30(26,27)28)20(15,2)10-16(23)18(14)19;1-19-7-5-13(23)9-12(19)3-4-14-15-6-8-21(26,17(25)11-22)20(15,2)10-16(24)18(14)19;;/h9,14-16,18,23,25H,3-8,10-11H2,1-2H3,(H2,26,27,28);9,14-16,18,22,24,26H,3-8,10-11H2,1-2H3;;/q;;2*+1/p-2/t2*14-,15-,16-,18+,19-,20-,21-;;/m00../s1. The van der Waals surface area contributed by atoms with Gasteiger partial charge in [-0.3, -0.25) is 19.2 Å². The minimum Gasteiger partial charge on any atom is -0.790 e. The van der Waals surface area contributed by atoms with E-state index in [0.717, 1.165) is 44.1 Å². The van der Waals surface area contributed by atoms with Crippen molar-refractivity contribution in [1.29, 1.82) is 0 Å². The van der Waals surface area contributed by atoms with E-state index in [2.05, 4.69) is 18.4 Å². The Morgan fingerprint density at radius 2 is 1.10 bits per heavy atom. The predicted octanol–water partition coefficient (Wildman–Crippen LogP) is -3.58. The third-order valence-electron chi connectivity index (χ3n) is 17.5. The van der Waals surface area contributed by atoms with Crippen LogP contribution in [0.5, 0.6) is 0 Å². The van der Waals surface area contributed by atoms with Gasteiger partial charge in [-0.15, -0.1) is 0 Å². The minimum absolute atomic E-state index is 0. The van der Waals surface area contributed by atoms with Crippen molar-refractivity contribution in [1.82, 2.24) is 0 Å². The fourth-order valence-electron chi connectivity index (χ4n) is 14.7. The molecule has 0 amide bonds. The topological polar surface area (TPSA) is 242 Å². The van der Waals surface area contributed by atoms with E-state index in [0.29, 0.717) is 38.5 Å². The Morgan fingerprint density at radius 3 is 1.48 bits per heavy atom. The van der Waals surface area contributed by atoms with Gasteiger partial charge in [-0.25, -0.2) is 0 Å². The monoisotopic (exact) mass is 848 g/mol. The van der Waals surface area contributed by atoms with Crippen LogP contribution in [-0.2, 0) is 28.3 Å². The van der Waals surface area contributed by atoms with E-state index >= 15 is 0 Å². The van der Waals surface area contributed by atoms with Gasteiger partial charge >= 0.3 is 59.1 Å². The second kappa shape index (κ2) is 16.9. The molecule has 0 aromatic carbocycles. The first-order valence-corrected chi connectivity index (χ1v) is 22.1. The number of phosphoric acid groups is 1. The molecule has 5 N–H and O–H groups in total. The fraction of sp³-hybridized carbons (Fsp3) is 0.810. The van der Waals surface area contributed by atoms with Crippen LogP contribution in [0.15, 0.2) is 23.3 Å². The van der Waals surface area contributed by atoms with Gasteiger partial charge in [0, 0.05) is 23.7 Å². The van der Waals surface area contributed by atoms with Gasteiger partial charge in [0.25, 0.3) is 0 Å². The summed E-state index contributed by atoms with van der Waals surface area (Å²) in [6, 6.07) is 0. The number of hydrogen-bond donors (Lipinski definition) is 5. The summed E-state index contributed by atoms with van der Waals surface area (Å²) < 4.78 is 15.0. The van der Waals surface area contributed by atoms with Crippen molar-refractivity contribution < 1.29 is 123 Å². The molecule has 13 nitrogen and oxygen atoms in total. The molecule has 8 aliphatic carbocycles. The number of phosphoric ester groups is 1. The van der Waals surface area contributed by atoms with E-state index in [1.54, 1.807) is 19.1 Å². The van der Waals surface area contributed by atoms with Crippen LogP contribution in [0.4, 0.5) is 0 Å². The quantitative estimate of drug-likeness (QED) is 0.129. The first-order chi connectivity index (χ1) is 26.0. The van der Waals surface area contributed by atoms with E-state index in [1.807, 2.05) is 6.92 Å². The molecule has 0 saturated heterocycles. The van der Waals surface area contributed by atoms with Crippen LogP contribution in [0.2, 0.25) is 0 Å². The van der Waals surface area contributed by atoms with Crippen LogP contribution in [0.3, 0.4) is 0 Å². The Labute approximate surface area is 385 Å². The molecular weight excluding hydrogens is 789 g/mol. The van der Waals surface area contributed by atoms with Crippen LogP contribution in [0.1, 0.15) is 118 Å². The van der Waals surface area contributed by atoms with Gasteiger partial charge in [0.1, 0.15) is 24.4 Å². The second-order valence-corrected chi connectivity index (χ2v) is 20.8. The Morgan fingerprint density at radius 1 is 0.707 bits per heavy atom. The molecular formula is C42H59Na2O13P. The van der Waals surface area contributed by atoms with Crippen molar-refractivity contribution in [3.05, 3.63) is 23.3 Å². The Bertz CT molecular complexity index is 1800. The summed E-state index contributed by atoms with van der Waals surface area (Å²) in [5, 5.41) is 54.3. The summed E-state index contributed by atoms with van der Waals surface area (Å²) in [4.78, 5) is 70.6. The molecule has 0 aromatic heterocycles. The van der Waals surface area contributed by atoms with Gasteiger partial charge < -0.3 is 44.4 Å². The molecule has 0 spiro atoms. The third kappa shape index (κ3) is 7.55. The Kier molecular flexibility index (Phi) is 14.3. The Hall–Kier alpha value is 0.0700. The zero-order valence-corrected chi connectivity index (χ0v) is 39.9. The van der Waals surface area contributed by atoms with Gasteiger partial charge in [0.05, 0.1) is 20.0 Å². The number of Topliss-reactive ketones (excluding diaryl/α,β-unsaturated/α-hetero) is 2. The molecule has 8 rings (SSSR count). The molecule has 0 radical (unpaired) electrons. The van der Waals surface area contributed by atoms with E-state index in [1.165, 1.54) is 5.57 Å². The molecule has 0 aliphatic heterocycles. The molecule has 8 aliphatic rings. The molecule has 0 heterocycles. The smallest absolute Gasteiger partial charge is 0.790 e. The first-order valence-electron chi connectivity index (χ1n) is 20.6. The molecule has 0 bridgehead atoms. The van der Waals surface area contributed by atoms with Crippen LogP contribution in [-0.4, -0.2) is 85.3 Å². The maximum absolute atomic E-state index is 12.8. The zero-order valence-electron chi connectivity index (χ0n) is 35.0. The molecule has 6 fully saturated rings. The average Bonchev–Trinajstić information content (AvgIpc) is 3.55. The molecule has 6 saturated carbocycles. The fourth-order valence-corrected chi connectivity index (χ4v) is 15.0. The average molecular weight is 849 g/mol. The number of carbonyl (C=O) groups is 4. The van der Waals surface area contributed by atoms with E-state index in [4.69, 9.17) is 0 Å². The van der Waals surface area contributed by atoms with Gasteiger partial charge in [-0.1, -0.05) is 38.8 Å². The molecule has 312 valence electrons. The first kappa shape index (κ1) is 49.1. The summed E-state index contributed by atoms with van der Waals surface area (Å²) in [5.41, 5.74) is -3.20. The molecule has 16 heteroatoms. The predicted molar refractivity (Wildman–Crippen MR) is 197 cm³/mol. The van der Waals surface area contributed by atoms with E-state index in [-0.39, 0.29) is 130 Å². The van der Waals surface area contributed by atoms with Crippen LogP contribution >= 0.6 is 7.82 Å². The van der Waals surface area contributed by atoms with Gasteiger partial charge in [-0.05, 0) is 136 Å². The number of ketones is 4. The molecule has 58 heavy (non-hydrogen) atoms. The Balaban J connectivity index is 0.000000215. The number of carbonyl (C=O) groups excluding carboxylic acids is 4. The molecule has 14 atom stereocenters. The number of aliphatic hydroxyl groups is 5. The summed E-state index contributed by atoms with van der Waals surface area (Å²) in [6.45, 7) is 6.38. The number of allylic oxidation sites excluding steroid dienone is 2. The van der Waals surface area contributed by atoms with Gasteiger partial charge in [0.15, 0.2) is 23.1 Å². The molecule has 0 unspecified atom stereocenters. The van der Waals surface area contributed by atoms with E-state index < -0.39 is 66.8 Å². The maximum atomic E-state index is 12.8. The third-order valence-corrected chi connectivity index (χ3v) is 18.0. The summed E-state index contributed by atoms with van der Waals surface area (Å²) in [6.07, 6.45) is 10.3. The maximum Gasteiger partial charge on any atom is 1.00 e. The summed E-state index contributed by atoms with van der Waals surface area (Å²) in [5.74, 6) is -0.548. The van der Waals surface area contributed by atoms with Crippen LogP contribution < -0.4 is 68.9 Å². The number of hydrogen-bond acceptors (Lipinski definition) is 13. The summed E-state index contributed by atoms with van der Waals surface area (Å²) >= 11 is 0. The second-order valence-electron chi connectivity index (χ2n) is 19.7. The van der Waals surface area contributed by atoms with Crippen molar-refractivity contribution >= 4 is 31.0 Å². The van der Waals surface area contributed by atoms with Crippen molar-refractivity contribution in [2.24, 2.45) is 57.2 Å². The molecule has 0 aromatic rings. The normalized spacial score (nSPS) is 46.4. The largest absolute Gasteiger partial charge is 1.00 e. The van der Waals surface area contributed by atoms with Crippen LogP contribution in [0, 0.1) is 57.2 Å².